The van der Waals surface area contributed by atoms with Gasteiger partial charge in [0.2, 0.25) is 0 Å². The van der Waals surface area contributed by atoms with E-state index in [2.05, 4.69) is 33.0 Å². The summed E-state index contributed by atoms with van der Waals surface area (Å²) in [6, 6.07) is 0.262. The maximum absolute atomic E-state index is 12.7. The summed E-state index contributed by atoms with van der Waals surface area (Å²) in [7, 11) is 0. The van der Waals surface area contributed by atoms with Crippen LogP contribution < -0.4 is 11.1 Å². The summed E-state index contributed by atoms with van der Waals surface area (Å²) < 4.78 is 0. The van der Waals surface area contributed by atoms with E-state index in [1.165, 1.54) is 25.7 Å². The van der Waals surface area contributed by atoms with Crippen molar-refractivity contribution in [1.29, 1.82) is 0 Å². The molecule has 1 aliphatic heterocycles. The Labute approximate surface area is 123 Å². The van der Waals surface area contributed by atoms with Gasteiger partial charge >= 0.3 is 6.03 Å². The predicted octanol–water partition coefficient (Wildman–Crippen LogP) is 2.87. The summed E-state index contributed by atoms with van der Waals surface area (Å²) in [6.07, 6.45) is 6.89. The van der Waals surface area contributed by atoms with Crippen LogP contribution in [0.3, 0.4) is 0 Å². The molecule has 0 aromatic carbocycles. The Kier molecular flexibility index (Phi) is 4.33. The Hall–Kier alpha value is -0.770. The highest BCUT2D eigenvalue weighted by Gasteiger charge is 2.46. The van der Waals surface area contributed by atoms with Gasteiger partial charge in [-0.25, -0.2) is 4.79 Å². The molecule has 1 heterocycles. The zero-order valence-corrected chi connectivity index (χ0v) is 13.5. The molecule has 20 heavy (non-hydrogen) atoms. The van der Waals surface area contributed by atoms with E-state index < -0.39 is 0 Å². The van der Waals surface area contributed by atoms with Crippen LogP contribution in [0.15, 0.2) is 0 Å². The van der Waals surface area contributed by atoms with E-state index in [1.807, 2.05) is 4.90 Å². The number of piperidine rings is 1. The molecular weight excluding hydrogens is 250 g/mol. The zero-order chi connectivity index (χ0) is 15.0. The summed E-state index contributed by atoms with van der Waals surface area (Å²) in [4.78, 5) is 14.7. The van der Waals surface area contributed by atoms with E-state index >= 15 is 0 Å². The lowest BCUT2D eigenvalue weighted by atomic mass is 9.77. The molecule has 0 spiro atoms. The second-order valence-electron chi connectivity index (χ2n) is 7.97. The molecule has 0 atom stereocenters. The quantitative estimate of drug-likeness (QED) is 0.817. The molecule has 116 valence electrons. The molecular formula is C16H31N3O. The van der Waals surface area contributed by atoms with E-state index in [-0.39, 0.29) is 23.2 Å². The van der Waals surface area contributed by atoms with Crippen molar-refractivity contribution in [2.45, 2.75) is 83.3 Å². The molecule has 2 rings (SSSR count). The third-order valence-corrected chi connectivity index (χ3v) is 4.95. The number of likely N-dealkylation sites (tertiary alicyclic amines) is 1. The number of rotatable bonds is 2. The topological polar surface area (TPSA) is 58.4 Å². The van der Waals surface area contributed by atoms with Crippen molar-refractivity contribution in [2.24, 2.45) is 11.7 Å². The lowest BCUT2D eigenvalue weighted by molar-refractivity contribution is 0.00285. The summed E-state index contributed by atoms with van der Waals surface area (Å²) in [5, 5.41) is 3.17. The number of carbonyl (C=O) groups excluding carboxylic acids is 1. The molecule has 2 aliphatic rings. The Morgan fingerprint density at radius 2 is 1.65 bits per heavy atom. The largest absolute Gasteiger partial charge is 0.338 e. The average Bonchev–Trinajstić information content (AvgIpc) is 2.74. The molecule has 0 radical (unpaired) electrons. The Bertz CT molecular complexity index is 341. The van der Waals surface area contributed by atoms with Gasteiger partial charge < -0.3 is 16.0 Å². The highest BCUT2D eigenvalue weighted by atomic mass is 16.2. The minimum absolute atomic E-state index is 0.0822. The van der Waals surface area contributed by atoms with E-state index in [0.29, 0.717) is 5.92 Å². The lowest BCUT2D eigenvalue weighted by Crippen LogP contribution is -2.67. The van der Waals surface area contributed by atoms with Crippen LogP contribution in [0.5, 0.6) is 0 Å². The standard InChI is InChI=1S/C16H31N3O/c1-15(2)9-13(17)10-16(3,4)19(15)14(20)18-11-12-7-5-6-8-12/h12-13H,5-11,17H2,1-4H3,(H,18,20). The second-order valence-corrected chi connectivity index (χ2v) is 7.97. The molecule has 0 unspecified atom stereocenters. The molecule has 0 bridgehead atoms. The van der Waals surface area contributed by atoms with Gasteiger partial charge in [-0.1, -0.05) is 12.8 Å². The Balaban J connectivity index is 2.01. The summed E-state index contributed by atoms with van der Waals surface area (Å²) >= 11 is 0. The number of nitrogens with one attached hydrogen (secondary N) is 1. The van der Waals surface area contributed by atoms with Crippen LogP contribution in [-0.4, -0.2) is 34.6 Å². The van der Waals surface area contributed by atoms with Crippen molar-refractivity contribution in [3.05, 3.63) is 0 Å². The minimum Gasteiger partial charge on any atom is -0.338 e. The van der Waals surface area contributed by atoms with Gasteiger partial charge in [0.15, 0.2) is 0 Å². The molecule has 1 aliphatic carbocycles. The summed E-state index contributed by atoms with van der Waals surface area (Å²) in [5.74, 6) is 0.678. The Morgan fingerprint density at radius 1 is 1.15 bits per heavy atom. The third-order valence-electron chi connectivity index (χ3n) is 4.95. The van der Waals surface area contributed by atoms with Crippen LogP contribution in [0.4, 0.5) is 4.79 Å². The van der Waals surface area contributed by atoms with E-state index in [9.17, 15) is 4.79 Å². The van der Waals surface area contributed by atoms with Crippen molar-refractivity contribution in [3.63, 3.8) is 0 Å². The van der Waals surface area contributed by atoms with Crippen LogP contribution in [0.1, 0.15) is 66.2 Å². The van der Waals surface area contributed by atoms with Crippen LogP contribution >= 0.6 is 0 Å². The van der Waals surface area contributed by atoms with E-state index in [0.717, 1.165) is 19.4 Å². The van der Waals surface area contributed by atoms with Crippen molar-refractivity contribution in [2.75, 3.05) is 6.54 Å². The maximum atomic E-state index is 12.7. The maximum Gasteiger partial charge on any atom is 0.318 e. The zero-order valence-electron chi connectivity index (χ0n) is 13.5. The van der Waals surface area contributed by atoms with Gasteiger partial charge in [0.25, 0.3) is 0 Å². The number of urea groups is 1. The van der Waals surface area contributed by atoms with Gasteiger partial charge in [0.05, 0.1) is 0 Å². The highest BCUT2D eigenvalue weighted by Crippen LogP contribution is 2.37. The van der Waals surface area contributed by atoms with Crippen LogP contribution in [0.25, 0.3) is 0 Å². The predicted molar refractivity (Wildman–Crippen MR) is 82.6 cm³/mol. The first-order valence-corrected chi connectivity index (χ1v) is 8.06. The number of hydrogen-bond donors (Lipinski definition) is 2. The number of amides is 2. The monoisotopic (exact) mass is 281 g/mol. The summed E-state index contributed by atoms with van der Waals surface area (Å²) in [5.41, 5.74) is 5.80. The fourth-order valence-corrected chi connectivity index (χ4v) is 4.43. The highest BCUT2D eigenvalue weighted by molar-refractivity contribution is 5.76. The van der Waals surface area contributed by atoms with E-state index in [1.54, 1.807) is 0 Å². The first-order chi connectivity index (χ1) is 9.22. The molecule has 4 heteroatoms. The van der Waals surface area contributed by atoms with E-state index in [4.69, 9.17) is 5.73 Å². The van der Waals surface area contributed by atoms with Gasteiger partial charge in [-0.2, -0.15) is 0 Å². The van der Waals surface area contributed by atoms with Crippen molar-refractivity contribution in [3.8, 4) is 0 Å². The van der Waals surface area contributed by atoms with Gasteiger partial charge in [-0.15, -0.1) is 0 Å². The van der Waals surface area contributed by atoms with Gasteiger partial charge in [0, 0.05) is 23.7 Å². The molecule has 0 aromatic heterocycles. The van der Waals surface area contributed by atoms with Crippen LogP contribution in [-0.2, 0) is 0 Å². The number of nitrogens with two attached hydrogens (primary N) is 1. The van der Waals surface area contributed by atoms with Crippen molar-refractivity contribution in [1.82, 2.24) is 10.2 Å². The van der Waals surface area contributed by atoms with Crippen molar-refractivity contribution < 1.29 is 4.79 Å². The minimum atomic E-state index is -0.180. The fraction of sp³-hybridized carbons (Fsp3) is 0.938. The normalized spacial score (nSPS) is 26.8. The summed E-state index contributed by atoms with van der Waals surface area (Å²) in [6.45, 7) is 9.34. The molecule has 1 saturated carbocycles. The molecule has 2 fully saturated rings. The third kappa shape index (κ3) is 3.27. The Morgan fingerprint density at radius 3 is 2.15 bits per heavy atom. The lowest BCUT2D eigenvalue weighted by Gasteiger charge is -2.54. The second kappa shape index (κ2) is 5.55. The SMILES string of the molecule is CC1(C)CC(N)CC(C)(C)N1C(=O)NCC1CCCC1. The average molecular weight is 281 g/mol. The number of carbonyl (C=O) groups is 1. The molecule has 3 N–H and O–H groups in total. The number of nitrogens with zero attached hydrogens (tertiary/aromatic N) is 1. The van der Waals surface area contributed by atoms with Crippen LogP contribution in [0, 0.1) is 5.92 Å². The smallest absolute Gasteiger partial charge is 0.318 e. The van der Waals surface area contributed by atoms with Crippen molar-refractivity contribution >= 4 is 6.03 Å². The van der Waals surface area contributed by atoms with Gasteiger partial charge in [-0.05, 0) is 59.3 Å². The van der Waals surface area contributed by atoms with Crippen LogP contribution in [0.2, 0.25) is 0 Å². The fourth-order valence-electron chi connectivity index (χ4n) is 4.43. The molecule has 2 amide bonds. The first-order valence-electron chi connectivity index (χ1n) is 8.06. The molecule has 4 nitrogen and oxygen atoms in total. The molecule has 1 saturated heterocycles. The van der Waals surface area contributed by atoms with Gasteiger partial charge in [-0.3, -0.25) is 0 Å². The first kappa shape index (κ1) is 15.6. The number of hydrogen-bond acceptors (Lipinski definition) is 2. The van der Waals surface area contributed by atoms with Gasteiger partial charge in [0.1, 0.15) is 0 Å². The molecule has 0 aromatic rings.